The van der Waals surface area contributed by atoms with Gasteiger partial charge in [-0.15, -0.1) is 0 Å². The summed E-state index contributed by atoms with van der Waals surface area (Å²) in [5.74, 6) is 1.81. The molecule has 0 saturated carbocycles. The minimum absolute atomic E-state index is 0.821. The molecule has 4 aromatic carbocycles. The van der Waals surface area contributed by atoms with Crippen molar-refractivity contribution in [1.29, 1.82) is 0 Å². The fraction of sp³-hybridized carbons (Fsp3) is 0.0667. The van der Waals surface area contributed by atoms with E-state index < -0.39 is 10.4 Å². The molecule has 0 bridgehead atoms. The van der Waals surface area contributed by atoms with Gasteiger partial charge in [0.1, 0.15) is 11.5 Å². The Hall–Kier alpha value is -3.97. The van der Waals surface area contributed by atoms with E-state index in [1.165, 1.54) is 22.3 Å². The van der Waals surface area contributed by atoms with Crippen LogP contribution in [0.25, 0.3) is 12.2 Å². The summed E-state index contributed by atoms with van der Waals surface area (Å²) < 4.78 is 38.0. The lowest BCUT2D eigenvalue weighted by molar-refractivity contribution is 0.381. The minimum Gasteiger partial charge on any atom is -0.457 e. The van der Waals surface area contributed by atoms with E-state index in [2.05, 4.69) is 97.1 Å². The van der Waals surface area contributed by atoms with Gasteiger partial charge in [-0.2, -0.15) is 8.42 Å². The number of rotatable bonds is 8. The standard InChI is InChI=1S/C30H26O.H2O4S/c1-3-13-25(14-4-1)17-11-21-27-19-7-9-23-29(27)31-30-24-10-8-20-28(30)22-12-18-26-15-5-2-6-16-26;1-5(2,3)4/h1-20,23-24H,21-22H2;(H2,1,2,3,4). The average molecular weight is 501 g/mol. The summed E-state index contributed by atoms with van der Waals surface area (Å²) >= 11 is 0. The highest BCUT2D eigenvalue weighted by atomic mass is 32.3. The monoisotopic (exact) mass is 500 g/mol. The highest BCUT2D eigenvalue weighted by Crippen LogP contribution is 2.29. The van der Waals surface area contributed by atoms with Gasteiger partial charge in [0, 0.05) is 0 Å². The minimum atomic E-state index is -4.67. The number of ether oxygens (including phenoxy) is 1. The predicted molar refractivity (Wildman–Crippen MR) is 145 cm³/mol. The van der Waals surface area contributed by atoms with Crippen molar-refractivity contribution in [3.63, 3.8) is 0 Å². The summed E-state index contributed by atoms with van der Waals surface area (Å²) in [5.41, 5.74) is 4.75. The molecule has 0 heterocycles. The molecule has 0 fully saturated rings. The smallest absolute Gasteiger partial charge is 0.394 e. The van der Waals surface area contributed by atoms with Gasteiger partial charge in [0.25, 0.3) is 0 Å². The number of hydrogen-bond donors (Lipinski definition) is 2. The third-order valence-corrected chi connectivity index (χ3v) is 5.06. The van der Waals surface area contributed by atoms with Crippen LogP contribution in [-0.2, 0) is 23.2 Å². The Morgan fingerprint density at radius 2 is 0.889 bits per heavy atom. The van der Waals surface area contributed by atoms with Crippen molar-refractivity contribution in [2.45, 2.75) is 12.8 Å². The Morgan fingerprint density at radius 1 is 0.556 bits per heavy atom. The lowest BCUT2D eigenvalue weighted by Crippen LogP contribution is -1.94. The van der Waals surface area contributed by atoms with Gasteiger partial charge in [0.05, 0.1) is 0 Å². The fourth-order valence-electron chi connectivity index (χ4n) is 3.43. The summed E-state index contributed by atoms with van der Waals surface area (Å²) in [6.07, 6.45) is 10.3. The van der Waals surface area contributed by atoms with Crippen molar-refractivity contribution >= 4 is 22.6 Å². The lowest BCUT2D eigenvalue weighted by Gasteiger charge is -2.13. The van der Waals surface area contributed by atoms with Crippen molar-refractivity contribution in [3.8, 4) is 11.5 Å². The van der Waals surface area contributed by atoms with Crippen LogP contribution < -0.4 is 4.74 Å². The van der Waals surface area contributed by atoms with Gasteiger partial charge in [-0.25, -0.2) is 0 Å². The summed E-state index contributed by atoms with van der Waals surface area (Å²) in [5, 5.41) is 0. The largest absolute Gasteiger partial charge is 0.457 e. The van der Waals surface area contributed by atoms with Crippen molar-refractivity contribution < 1.29 is 22.3 Å². The molecule has 6 heteroatoms. The molecule has 5 nitrogen and oxygen atoms in total. The molecule has 0 radical (unpaired) electrons. The van der Waals surface area contributed by atoms with Crippen molar-refractivity contribution in [3.05, 3.63) is 144 Å². The molecule has 0 unspecified atom stereocenters. The van der Waals surface area contributed by atoms with E-state index in [1.807, 2.05) is 36.4 Å². The van der Waals surface area contributed by atoms with E-state index in [1.54, 1.807) is 0 Å². The highest BCUT2D eigenvalue weighted by Gasteiger charge is 2.07. The maximum atomic E-state index is 8.74. The summed E-state index contributed by atoms with van der Waals surface area (Å²) in [6.45, 7) is 0. The van der Waals surface area contributed by atoms with Gasteiger partial charge in [-0.05, 0) is 47.2 Å². The molecular weight excluding hydrogens is 472 g/mol. The van der Waals surface area contributed by atoms with Gasteiger partial charge in [-0.1, -0.05) is 121 Å². The molecule has 0 aliphatic heterocycles. The average Bonchev–Trinajstić information content (AvgIpc) is 2.86. The van der Waals surface area contributed by atoms with Crippen molar-refractivity contribution in [2.24, 2.45) is 0 Å². The van der Waals surface area contributed by atoms with Crippen LogP contribution in [0.3, 0.4) is 0 Å². The second-order valence-corrected chi connectivity index (χ2v) is 8.70. The fourth-order valence-corrected chi connectivity index (χ4v) is 3.43. The Morgan fingerprint density at radius 3 is 1.28 bits per heavy atom. The van der Waals surface area contributed by atoms with E-state index in [0.29, 0.717) is 0 Å². The topological polar surface area (TPSA) is 83.8 Å². The molecule has 0 amide bonds. The molecular formula is C30H28O5S. The highest BCUT2D eigenvalue weighted by molar-refractivity contribution is 7.79. The maximum Gasteiger partial charge on any atom is 0.394 e. The van der Waals surface area contributed by atoms with Crippen LogP contribution in [0.1, 0.15) is 22.3 Å². The Balaban J connectivity index is 0.000000658. The van der Waals surface area contributed by atoms with Gasteiger partial charge in [0.15, 0.2) is 0 Å². The quantitative estimate of drug-likeness (QED) is 0.247. The molecule has 0 aliphatic rings. The van der Waals surface area contributed by atoms with E-state index in [0.717, 1.165) is 24.3 Å². The zero-order valence-corrected chi connectivity index (χ0v) is 20.5. The Bertz CT molecular complexity index is 1280. The van der Waals surface area contributed by atoms with E-state index >= 15 is 0 Å². The number of hydrogen-bond acceptors (Lipinski definition) is 3. The third-order valence-electron chi connectivity index (χ3n) is 5.06. The SMILES string of the molecule is C(=Cc1ccccc1)Cc1ccccc1Oc1ccccc1CC=Cc1ccccc1.O=S(=O)(O)O. The number of benzene rings is 4. The molecule has 36 heavy (non-hydrogen) atoms. The van der Waals surface area contributed by atoms with Crippen LogP contribution in [-0.4, -0.2) is 17.5 Å². The normalized spacial score (nSPS) is 11.3. The van der Waals surface area contributed by atoms with Crippen LogP contribution in [0, 0.1) is 0 Å². The van der Waals surface area contributed by atoms with Crippen LogP contribution in [0.2, 0.25) is 0 Å². The van der Waals surface area contributed by atoms with Gasteiger partial charge >= 0.3 is 10.4 Å². The first-order valence-electron chi connectivity index (χ1n) is 11.4. The van der Waals surface area contributed by atoms with E-state index in [9.17, 15) is 0 Å². The maximum absolute atomic E-state index is 8.74. The van der Waals surface area contributed by atoms with E-state index in [4.69, 9.17) is 22.3 Å². The number of para-hydroxylation sites is 2. The third kappa shape index (κ3) is 10.1. The first kappa shape index (κ1) is 26.6. The second kappa shape index (κ2) is 13.8. The molecule has 2 N–H and O–H groups in total. The van der Waals surface area contributed by atoms with E-state index in [-0.39, 0.29) is 0 Å². The first-order valence-corrected chi connectivity index (χ1v) is 12.7. The van der Waals surface area contributed by atoms with Gasteiger partial charge in [0.2, 0.25) is 0 Å². The van der Waals surface area contributed by atoms with Crippen LogP contribution in [0.5, 0.6) is 11.5 Å². The molecule has 0 saturated heterocycles. The molecule has 184 valence electrons. The second-order valence-electron chi connectivity index (χ2n) is 7.80. The molecule has 0 spiro atoms. The zero-order valence-electron chi connectivity index (χ0n) is 19.6. The zero-order chi connectivity index (χ0) is 25.6. The van der Waals surface area contributed by atoms with Gasteiger partial charge < -0.3 is 4.74 Å². The molecule has 0 aromatic heterocycles. The van der Waals surface area contributed by atoms with Crippen LogP contribution >= 0.6 is 0 Å². The lowest BCUT2D eigenvalue weighted by atomic mass is 10.1. The summed E-state index contributed by atoms with van der Waals surface area (Å²) in [6, 6.07) is 37.2. The molecule has 4 rings (SSSR count). The van der Waals surface area contributed by atoms with Crippen LogP contribution in [0.4, 0.5) is 0 Å². The molecule has 0 atom stereocenters. The number of allylic oxidation sites excluding steroid dienone is 2. The summed E-state index contributed by atoms with van der Waals surface area (Å²) in [4.78, 5) is 0. The molecule has 4 aromatic rings. The van der Waals surface area contributed by atoms with Crippen molar-refractivity contribution in [1.82, 2.24) is 0 Å². The van der Waals surface area contributed by atoms with Gasteiger partial charge in [-0.3, -0.25) is 9.11 Å². The van der Waals surface area contributed by atoms with Crippen molar-refractivity contribution in [2.75, 3.05) is 0 Å². The predicted octanol–water partition coefficient (Wildman–Crippen LogP) is 7.34. The Labute approximate surface area is 212 Å². The van der Waals surface area contributed by atoms with Crippen LogP contribution in [0.15, 0.2) is 121 Å². The first-order chi connectivity index (χ1) is 17.4. The Kier molecular flexibility index (Phi) is 10.2. The summed E-state index contributed by atoms with van der Waals surface area (Å²) in [7, 11) is -4.67. The molecule has 0 aliphatic carbocycles.